The highest BCUT2D eigenvalue weighted by molar-refractivity contribution is 5.95. The molecule has 0 saturated carbocycles. The number of carbonyl (C=O) groups excluding carboxylic acids is 2. The number of hydrogen-bond donors (Lipinski definition) is 0. The van der Waals surface area contributed by atoms with Crippen LogP contribution in [0, 0.1) is 6.92 Å². The number of hydrogen-bond acceptors (Lipinski definition) is 3. The van der Waals surface area contributed by atoms with E-state index >= 15 is 0 Å². The Morgan fingerprint density at radius 1 is 0.842 bits per heavy atom. The molecule has 0 aromatic heterocycles. The van der Waals surface area contributed by atoms with E-state index in [4.69, 9.17) is 0 Å². The van der Waals surface area contributed by atoms with Crippen molar-refractivity contribution >= 4 is 11.9 Å². The number of likely N-dealkylation sites (N-methyl/N-ethyl adjacent to an activating group) is 2. The second-order valence-corrected chi connectivity index (χ2v) is 11.2. The van der Waals surface area contributed by atoms with Crippen LogP contribution in [-0.4, -0.2) is 89.9 Å². The van der Waals surface area contributed by atoms with Gasteiger partial charge in [-0.2, -0.15) is 0 Å². The van der Waals surface area contributed by atoms with E-state index in [0.717, 1.165) is 49.9 Å². The zero-order valence-electron chi connectivity index (χ0n) is 22.8. The van der Waals surface area contributed by atoms with E-state index in [1.165, 1.54) is 5.56 Å². The molecule has 3 amide bonds. The highest BCUT2D eigenvalue weighted by Gasteiger charge is 2.37. The molecule has 3 atom stereocenters. The van der Waals surface area contributed by atoms with E-state index < -0.39 is 0 Å². The van der Waals surface area contributed by atoms with Gasteiger partial charge in [0.25, 0.3) is 5.91 Å². The molecule has 2 heterocycles. The van der Waals surface area contributed by atoms with Crippen molar-refractivity contribution in [2.75, 3.05) is 40.3 Å². The van der Waals surface area contributed by atoms with Crippen molar-refractivity contribution < 1.29 is 14.0 Å². The minimum atomic E-state index is -0.0162. The third-order valence-corrected chi connectivity index (χ3v) is 8.71. The maximum atomic E-state index is 13.4. The Morgan fingerprint density at radius 2 is 1.47 bits per heavy atom. The molecule has 1 aliphatic carbocycles. The van der Waals surface area contributed by atoms with Gasteiger partial charge in [-0.25, -0.2) is 9.18 Å². The van der Waals surface area contributed by atoms with E-state index in [1.54, 1.807) is 11.0 Å². The highest BCUT2D eigenvalue weighted by atomic mass is 19.1. The van der Waals surface area contributed by atoms with Gasteiger partial charge in [-0.15, -0.1) is 0 Å². The van der Waals surface area contributed by atoms with E-state index in [2.05, 4.69) is 36.1 Å². The Bertz CT molecular complexity index is 1180. The molecule has 6 nitrogen and oxygen atoms in total. The molecule has 2 saturated heterocycles. The second-order valence-electron chi connectivity index (χ2n) is 11.2. The fraction of sp³-hybridized carbons (Fsp3) is 0.484. The van der Waals surface area contributed by atoms with Crippen LogP contribution in [0.25, 0.3) is 11.1 Å². The third-order valence-electron chi connectivity index (χ3n) is 8.71. The smallest absolute Gasteiger partial charge is 0.320 e. The van der Waals surface area contributed by atoms with Gasteiger partial charge < -0.3 is 14.7 Å². The number of nitrogens with zero attached hydrogens (tertiary/aromatic N) is 4. The standard InChI is InChI=1S/C31H39FN4O2/c1-22-4-6-23(7-5-22)24-8-10-25(11-9-24)30(37)33(2)28-17-19-36(21-28)31(38)34(3)29-16-18-35(20-29)27-14-12-26(32)13-15-27/h4-12,27-29H,13-21H2,1-3H3/t27?,28-,29?/m0/s1. The predicted molar refractivity (Wildman–Crippen MR) is 149 cm³/mol. The Hall–Kier alpha value is -3.19. The van der Waals surface area contributed by atoms with Crippen molar-refractivity contribution in [3.8, 4) is 11.1 Å². The molecular weight excluding hydrogens is 479 g/mol. The number of aryl methyl sites for hydroxylation is 1. The van der Waals surface area contributed by atoms with Crippen LogP contribution in [0.4, 0.5) is 9.18 Å². The normalized spacial score (nSPS) is 23.8. The second kappa shape index (κ2) is 11.3. The van der Waals surface area contributed by atoms with Gasteiger partial charge in [-0.05, 0) is 55.9 Å². The average Bonchev–Trinajstić information content (AvgIpc) is 3.63. The lowest BCUT2D eigenvalue weighted by molar-refractivity contribution is 0.0734. The summed E-state index contributed by atoms with van der Waals surface area (Å²) >= 11 is 0. The van der Waals surface area contributed by atoms with Crippen molar-refractivity contribution in [2.45, 2.75) is 57.2 Å². The highest BCUT2D eigenvalue weighted by Crippen LogP contribution is 2.28. The van der Waals surface area contributed by atoms with Crippen LogP contribution < -0.4 is 0 Å². The molecule has 0 spiro atoms. The number of halogens is 1. The van der Waals surface area contributed by atoms with Crippen LogP contribution in [0.2, 0.25) is 0 Å². The Balaban J connectivity index is 1.14. The molecule has 2 aromatic carbocycles. The fourth-order valence-electron chi connectivity index (χ4n) is 6.07. The van der Waals surface area contributed by atoms with Crippen LogP contribution in [0.1, 0.15) is 48.0 Å². The molecule has 2 fully saturated rings. The first kappa shape index (κ1) is 26.4. The predicted octanol–water partition coefficient (Wildman–Crippen LogP) is 5.34. The van der Waals surface area contributed by atoms with E-state index in [1.807, 2.05) is 48.2 Å². The summed E-state index contributed by atoms with van der Waals surface area (Å²) in [5.41, 5.74) is 4.10. The van der Waals surface area contributed by atoms with Crippen molar-refractivity contribution in [3.05, 3.63) is 71.6 Å². The van der Waals surface area contributed by atoms with Gasteiger partial charge in [0.1, 0.15) is 0 Å². The Kier molecular flexibility index (Phi) is 7.84. The van der Waals surface area contributed by atoms with Crippen LogP contribution in [0.3, 0.4) is 0 Å². The monoisotopic (exact) mass is 518 g/mol. The number of carbonyl (C=O) groups is 2. The summed E-state index contributed by atoms with van der Waals surface area (Å²) in [5, 5.41) is 0. The van der Waals surface area contributed by atoms with Gasteiger partial charge in [0.15, 0.2) is 0 Å². The van der Waals surface area contributed by atoms with E-state index in [-0.39, 0.29) is 29.8 Å². The lowest BCUT2D eigenvalue weighted by atomic mass is 10.00. The summed E-state index contributed by atoms with van der Waals surface area (Å²) in [5.74, 6) is -0.00638. The molecule has 2 unspecified atom stereocenters. The van der Waals surface area contributed by atoms with Crippen LogP contribution in [-0.2, 0) is 0 Å². The molecule has 7 heteroatoms. The van der Waals surface area contributed by atoms with Crippen LogP contribution in [0.15, 0.2) is 60.4 Å². The topological polar surface area (TPSA) is 47.1 Å². The van der Waals surface area contributed by atoms with Gasteiger partial charge in [-0.1, -0.05) is 48.0 Å². The molecule has 5 rings (SSSR count). The van der Waals surface area contributed by atoms with Gasteiger partial charge in [0.2, 0.25) is 0 Å². The number of amides is 3. The van der Waals surface area contributed by atoms with Gasteiger partial charge in [-0.3, -0.25) is 9.69 Å². The van der Waals surface area contributed by atoms with Crippen LogP contribution in [0.5, 0.6) is 0 Å². The first-order valence-electron chi connectivity index (χ1n) is 13.8. The van der Waals surface area contributed by atoms with Crippen molar-refractivity contribution in [3.63, 3.8) is 0 Å². The maximum absolute atomic E-state index is 13.4. The molecule has 2 aliphatic heterocycles. The first-order valence-corrected chi connectivity index (χ1v) is 13.8. The quantitative estimate of drug-likeness (QED) is 0.537. The molecule has 2 aromatic rings. The minimum absolute atomic E-state index is 0.000578. The molecule has 0 radical (unpaired) electrons. The van der Waals surface area contributed by atoms with Crippen molar-refractivity contribution in [1.82, 2.24) is 19.6 Å². The number of benzene rings is 2. The summed E-state index contributed by atoms with van der Waals surface area (Å²) in [6.07, 6.45) is 5.59. The summed E-state index contributed by atoms with van der Waals surface area (Å²) in [6, 6.07) is 16.7. The number of likely N-dealkylation sites (tertiary alicyclic amines) is 2. The molecule has 38 heavy (non-hydrogen) atoms. The number of rotatable bonds is 5. The van der Waals surface area contributed by atoms with Crippen molar-refractivity contribution in [2.24, 2.45) is 0 Å². The lowest BCUT2D eigenvalue weighted by Gasteiger charge is -2.32. The van der Waals surface area contributed by atoms with E-state index in [9.17, 15) is 14.0 Å². The lowest BCUT2D eigenvalue weighted by Crippen LogP contribution is -2.48. The molecule has 3 aliphatic rings. The van der Waals surface area contributed by atoms with Gasteiger partial charge in [0, 0.05) is 64.3 Å². The van der Waals surface area contributed by atoms with Crippen LogP contribution >= 0.6 is 0 Å². The molecule has 202 valence electrons. The SMILES string of the molecule is Cc1ccc(-c2ccc(C(=O)N(C)[C@H]3CCN(C(=O)N(C)C4CCN(C5CC=C(F)CC5)C4)C3)cc2)cc1. The molecule has 0 N–H and O–H groups in total. The third kappa shape index (κ3) is 5.63. The zero-order chi connectivity index (χ0) is 26.8. The first-order chi connectivity index (χ1) is 18.3. The maximum Gasteiger partial charge on any atom is 0.320 e. The fourth-order valence-corrected chi connectivity index (χ4v) is 6.07. The van der Waals surface area contributed by atoms with Gasteiger partial charge >= 0.3 is 6.03 Å². The molecular formula is C31H39FN4O2. The largest absolute Gasteiger partial charge is 0.337 e. The summed E-state index contributed by atoms with van der Waals surface area (Å²) in [6.45, 7) is 5.07. The summed E-state index contributed by atoms with van der Waals surface area (Å²) < 4.78 is 13.4. The van der Waals surface area contributed by atoms with Crippen molar-refractivity contribution in [1.29, 1.82) is 0 Å². The Labute approximate surface area is 225 Å². The number of allylic oxidation sites excluding steroid dienone is 1. The minimum Gasteiger partial charge on any atom is -0.337 e. The number of urea groups is 1. The summed E-state index contributed by atoms with van der Waals surface area (Å²) in [4.78, 5) is 34.5. The van der Waals surface area contributed by atoms with Gasteiger partial charge in [0.05, 0.1) is 11.9 Å². The summed E-state index contributed by atoms with van der Waals surface area (Å²) in [7, 11) is 3.74. The zero-order valence-corrected chi connectivity index (χ0v) is 22.8. The Morgan fingerprint density at radius 3 is 2.13 bits per heavy atom. The molecule has 0 bridgehead atoms. The average molecular weight is 519 g/mol. The van der Waals surface area contributed by atoms with E-state index in [0.29, 0.717) is 31.1 Å².